The minimum atomic E-state index is -3.28. The fraction of sp³-hybridized carbons (Fsp3) is 0.636. The van der Waals surface area contributed by atoms with Crippen molar-refractivity contribution in [1.29, 1.82) is 0 Å². The smallest absolute Gasteiger partial charge is 0.351 e. The lowest BCUT2D eigenvalue weighted by Gasteiger charge is -2.21. The van der Waals surface area contributed by atoms with E-state index in [2.05, 4.69) is 4.98 Å². The number of rotatable bonds is 5. The topological polar surface area (TPSA) is 109 Å². The van der Waals surface area contributed by atoms with Gasteiger partial charge in [0.05, 0.1) is 12.2 Å². The summed E-state index contributed by atoms with van der Waals surface area (Å²) in [5.41, 5.74) is 4.96. The number of nitrogens with two attached hydrogens (primary N) is 1. The lowest BCUT2D eigenvalue weighted by molar-refractivity contribution is -0.0198. The van der Waals surface area contributed by atoms with Crippen LogP contribution in [0.2, 0.25) is 0 Å². The van der Waals surface area contributed by atoms with E-state index < -0.39 is 24.7 Å². The van der Waals surface area contributed by atoms with E-state index in [1.807, 2.05) is 6.92 Å². The number of anilines is 1. The third-order valence-electron chi connectivity index (χ3n) is 3.24. The van der Waals surface area contributed by atoms with Crippen LogP contribution in [0.3, 0.4) is 0 Å². The van der Waals surface area contributed by atoms with Crippen molar-refractivity contribution < 1.29 is 18.7 Å². The van der Waals surface area contributed by atoms with Crippen molar-refractivity contribution >= 4 is 24.3 Å². The zero-order valence-corrected chi connectivity index (χ0v) is 13.4. The van der Waals surface area contributed by atoms with Crippen LogP contribution in [0, 0.1) is 0 Å². The Morgan fingerprint density at radius 1 is 1.71 bits per heavy atom. The zero-order valence-electron chi connectivity index (χ0n) is 11.7. The minimum Gasteiger partial charge on any atom is -0.383 e. The number of hydrogen-bond acceptors (Lipinski definition) is 7. The summed E-state index contributed by atoms with van der Waals surface area (Å²) in [7, 11) is 1.30. The molecule has 0 amide bonds. The van der Waals surface area contributed by atoms with E-state index in [-0.39, 0.29) is 11.9 Å². The molecule has 0 spiro atoms. The highest BCUT2D eigenvalue weighted by atomic mass is 32.5. The summed E-state index contributed by atoms with van der Waals surface area (Å²) >= 11 is 4.85. The Balaban J connectivity index is 2.18. The Hall–Kier alpha value is -0.830. The number of ether oxygens (including phenoxy) is 1. The van der Waals surface area contributed by atoms with Gasteiger partial charge >= 0.3 is 12.4 Å². The van der Waals surface area contributed by atoms with E-state index in [0.29, 0.717) is 12.8 Å². The molecular weight excluding hydrogens is 317 g/mol. The summed E-state index contributed by atoms with van der Waals surface area (Å²) < 4.78 is 17.3. The predicted octanol–water partition coefficient (Wildman–Crippen LogP) is 0.771. The SMILES string of the molecule is CC[C@H]1O[C@H](n2ccc(N)nc2=O)C[C@H]1OP(O)(=S)OC. The van der Waals surface area contributed by atoms with Gasteiger partial charge in [-0.15, -0.1) is 0 Å². The lowest BCUT2D eigenvalue weighted by atomic mass is 10.1. The fourth-order valence-corrected chi connectivity index (χ4v) is 3.19. The molecule has 3 N–H and O–H groups in total. The van der Waals surface area contributed by atoms with Gasteiger partial charge in [-0.1, -0.05) is 6.92 Å². The van der Waals surface area contributed by atoms with Crippen LogP contribution in [0.4, 0.5) is 5.82 Å². The fourth-order valence-electron chi connectivity index (χ4n) is 2.20. The molecule has 2 rings (SSSR count). The van der Waals surface area contributed by atoms with Crippen molar-refractivity contribution in [1.82, 2.24) is 9.55 Å². The van der Waals surface area contributed by atoms with Crippen molar-refractivity contribution in [2.75, 3.05) is 12.8 Å². The van der Waals surface area contributed by atoms with Crippen molar-refractivity contribution in [3.05, 3.63) is 22.7 Å². The van der Waals surface area contributed by atoms with E-state index >= 15 is 0 Å². The first kappa shape index (κ1) is 16.5. The molecule has 0 aliphatic carbocycles. The van der Waals surface area contributed by atoms with Crippen LogP contribution in [0.15, 0.2) is 17.1 Å². The second kappa shape index (κ2) is 6.51. The molecule has 4 atom stereocenters. The molecule has 1 saturated heterocycles. The average Bonchev–Trinajstić information content (AvgIpc) is 2.80. The molecule has 1 aromatic rings. The third kappa shape index (κ3) is 3.88. The molecule has 118 valence electrons. The molecule has 21 heavy (non-hydrogen) atoms. The largest absolute Gasteiger partial charge is 0.383 e. The standard InChI is InChI=1S/C11H18N3O5PS/c1-3-7-8(19-20(16,21)17-2)6-10(18-7)14-5-4-9(12)13-11(14)15/h4-5,7-8,10H,3,6H2,1-2H3,(H,16,21)(H2,12,13,15)/t7-,8-,10+,20?/m1/s1. The number of aromatic nitrogens is 2. The zero-order chi connectivity index (χ0) is 15.6. The summed E-state index contributed by atoms with van der Waals surface area (Å²) in [5, 5.41) is 0. The molecule has 8 nitrogen and oxygen atoms in total. The summed E-state index contributed by atoms with van der Waals surface area (Å²) in [4.78, 5) is 25.3. The Morgan fingerprint density at radius 3 is 3.00 bits per heavy atom. The Labute approximate surface area is 127 Å². The van der Waals surface area contributed by atoms with Gasteiger partial charge in [-0.3, -0.25) is 4.57 Å². The monoisotopic (exact) mass is 335 g/mol. The molecule has 2 heterocycles. The quantitative estimate of drug-likeness (QED) is 0.760. The Kier molecular flexibility index (Phi) is 5.13. The van der Waals surface area contributed by atoms with Crippen molar-refractivity contribution in [3.63, 3.8) is 0 Å². The van der Waals surface area contributed by atoms with Gasteiger partial charge in [0.1, 0.15) is 12.0 Å². The summed E-state index contributed by atoms with van der Waals surface area (Å²) in [5.74, 6) is 0.152. The highest BCUT2D eigenvalue weighted by molar-refractivity contribution is 8.07. The van der Waals surface area contributed by atoms with E-state index in [0.717, 1.165) is 0 Å². The van der Waals surface area contributed by atoms with E-state index in [4.69, 9.17) is 31.3 Å². The van der Waals surface area contributed by atoms with Crippen LogP contribution in [-0.4, -0.2) is 33.8 Å². The van der Waals surface area contributed by atoms with Gasteiger partial charge in [-0.25, -0.2) is 4.79 Å². The number of nitrogen functional groups attached to an aromatic ring is 1. The predicted molar refractivity (Wildman–Crippen MR) is 80.1 cm³/mol. The Bertz CT molecular complexity index is 610. The van der Waals surface area contributed by atoms with E-state index in [1.54, 1.807) is 0 Å². The van der Waals surface area contributed by atoms with Gasteiger partial charge in [0, 0.05) is 19.7 Å². The van der Waals surface area contributed by atoms with Gasteiger partial charge in [-0.2, -0.15) is 4.98 Å². The molecule has 0 radical (unpaired) electrons. The Morgan fingerprint density at radius 2 is 2.43 bits per heavy atom. The van der Waals surface area contributed by atoms with Crippen LogP contribution < -0.4 is 11.4 Å². The van der Waals surface area contributed by atoms with Gasteiger partial charge in [0.25, 0.3) is 0 Å². The van der Waals surface area contributed by atoms with Crippen LogP contribution in [0.5, 0.6) is 0 Å². The lowest BCUT2D eigenvalue weighted by Crippen LogP contribution is -2.27. The van der Waals surface area contributed by atoms with Gasteiger partial charge in [0.15, 0.2) is 0 Å². The van der Waals surface area contributed by atoms with Crippen molar-refractivity contribution in [2.24, 2.45) is 0 Å². The third-order valence-corrected chi connectivity index (χ3v) is 4.95. The molecule has 0 aromatic carbocycles. The van der Waals surface area contributed by atoms with Gasteiger partial charge in [-0.05, 0) is 24.3 Å². The molecule has 1 aromatic heterocycles. The minimum absolute atomic E-state index is 0.152. The van der Waals surface area contributed by atoms with Crippen molar-refractivity contribution in [3.8, 4) is 0 Å². The average molecular weight is 335 g/mol. The van der Waals surface area contributed by atoms with E-state index in [9.17, 15) is 9.69 Å². The molecule has 10 heteroatoms. The molecule has 1 aliphatic heterocycles. The number of hydrogen-bond donors (Lipinski definition) is 2. The summed E-state index contributed by atoms with van der Waals surface area (Å²) in [6.07, 6.45) is 1.27. The highest BCUT2D eigenvalue weighted by Crippen LogP contribution is 2.48. The van der Waals surface area contributed by atoms with Gasteiger partial charge in [0.2, 0.25) is 0 Å². The van der Waals surface area contributed by atoms with Crippen LogP contribution in [0.1, 0.15) is 26.0 Å². The van der Waals surface area contributed by atoms with Crippen LogP contribution in [-0.2, 0) is 25.6 Å². The summed E-state index contributed by atoms with van der Waals surface area (Å²) in [6, 6.07) is 1.52. The maximum Gasteiger partial charge on any atom is 0.351 e. The molecule has 1 aliphatic rings. The van der Waals surface area contributed by atoms with Crippen LogP contribution in [0.25, 0.3) is 0 Å². The van der Waals surface area contributed by atoms with Crippen molar-refractivity contribution in [2.45, 2.75) is 38.2 Å². The highest BCUT2D eigenvalue weighted by Gasteiger charge is 2.39. The van der Waals surface area contributed by atoms with E-state index in [1.165, 1.54) is 23.9 Å². The number of nitrogens with zero attached hydrogens (tertiary/aromatic N) is 2. The maximum absolute atomic E-state index is 11.8. The molecule has 1 fully saturated rings. The normalized spacial score (nSPS) is 28.4. The molecular formula is C11H18N3O5PS. The summed E-state index contributed by atoms with van der Waals surface area (Å²) in [6.45, 7) is -1.36. The first-order chi connectivity index (χ1) is 9.86. The van der Waals surface area contributed by atoms with Crippen LogP contribution >= 0.6 is 6.72 Å². The maximum atomic E-state index is 11.8. The first-order valence-corrected chi connectivity index (χ1v) is 9.02. The second-order valence-electron chi connectivity index (χ2n) is 4.61. The molecule has 0 saturated carbocycles. The second-order valence-corrected chi connectivity index (χ2v) is 7.51. The molecule has 0 bridgehead atoms. The van der Waals surface area contributed by atoms with Gasteiger partial charge < -0.3 is 24.4 Å². The first-order valence-electron chi connectivity index (χ1n) is 6.43. The molecule has 1 unspecified atom stereocenters.